The van der Waals surface area contributed by atoms with Crippen LogP contribution in [0.1, 0.15) is 52.9 Å². The number of nitriles is 1. The van der Waals surface area contributed by atoms with Crippen molar-refractivity contribution in [2.75, 3.05) is 6.61 Å². The Morgan fingerprint density at radius 2 is 2.04 bits per heavy atom. The Hall–Kier alpha value is -2.61. The summed E-state index contributed by atoms with van der Waals surface area (Å²) in [5.41, 5.74) is 3.69. The number of carbonyl (C=O) groups is 1. The number of benzene rings is 1. The molecule has 0 amide bonds. The summed E-state index contributed by atoms with van der Waals surface area (Å²) in [7, 11) is 0. The van der Waals surface area contributed by atoms with Crippen molar-refractivity contribution in [3.05, 3.63) is 52.8 Å². The maximum atomic E-state index is 12.1. The summed E-state index contributed by atoms with van der Waals surface area (Å²) in [5.74, 6) is 0.125. The van der Waals surface area contributed by atoms with Crippen LogP contribution in [0.15, 0.2) is 30.5 Å². The molecule has 0 atom stereocenters. The molecule has 2 aromatic rings. The van der Waals surface area contributed by atoms with Gasteiger partial charge >= 0.3 is 5.97 Å². The number of rotatable bonds is 6. The second-order valence-electron chi connectivity index (χ2n) is 5.75. The Balaban J connectivity index is 1.82. The molecular formula is C18H19N3O2. The van der Waals surface area contributed by atoms with Gasteiger partial charge in [0.25, 0.3) is 0 Å². The van der Waals surface area contributed by atoms with E-state index in [1.165, 1.54) is 0 Å². The van der Waals surface area contributed by atoms with Crippen LogP contribution < -0.4 is 0 Å². The minimum atomic E-state index is -0.287. The van der Waals surface area contributed by atoms with Gasteiger partial charge in [0.15, 0.2) is 0 Å². The van der Waals surface area contributed by atoms with Crippen LogP contribution in [0.2, 0.25) is 0 Å². The fraction of sp³-hybridized carbons (Fsp3) is 0.389. The molecule has 118 valence electrons. The van der Waals surface area contributed by atoms with Gasteiger partial charge < -0.3 is 4.74 Å². The van der Waals surface area contributed by atoms with Crippen molar-refractivity contribution in [2.45, 2.75) is 38.6 Å². The Morgan fingerprint density at radius 3 is 2.65 bits per heavy atom. The van der Waals surface area contributed by atoms with Crippen LogP contribution >= 0.6 is 0 Å². The fourth-order valence-electron chi connectivity index (χ4n) is 2.70. The molecule has 1 aliphatic carbocycles. The monoisotopic (exact) mass is 309 g/mol. The summed E-state index contributed by atoms with van der Waals surface area (Å²) < 4.78 is 7.04. The number of aromatic nitrogens is 2. The molecule has 23 heavy (non-hydrogen) atoms. The molecule has 0 saturated heterocycles. The summed E-state index contributed by atoms with van der Waals surface area (Å²) in [4.78, 5) is 12.1. The van der Waals surface area contributed by atoms with E-state index in [-0.39, 0.29) is 5.97 Å². The quantitative estimate of drug-likeness (QED) is 0.769. The Kier molecular flexibility index (Phi) is 4.42. The Morgan fingerprint density at radius 1 is 1.35 bits per heavy atom. The first kappa shape index (κ1) is 15.3. The maximum absolute atomic E-state index is 12.1. The lowest BCUT2D eigenvalue weighted by Gasteiger charge is -2.09. The highest BCUT2D eigenvalue weighted by Crippen LogP contribution is 2.42. The average molecular weight is 309 g/mol. The first-order valence-electron chi connectivity index (χ1n) is 7.90. The van der Waals surface area contributed by atoms with Gasteiger partial charge in [-0.1, -0.05) is 24.3 Å². The number of hydrogen-bond acceptors (Lipinski definition) is 4. The minimum absolute atomic E-state index is 0.287. The van der Waals surface area contributed by atoms with Gasteiger partial charge in [0, 0.05) is 5.92 Å². The van der Waals surface area contributed by atoms with E-state index in [1.807, 2.05) is 35.9 Å². The summed E-state index contributed by atoms with van der Waals surface area (Å²) >= 11 is 0. The van der Waals surface area contributed by atoms with E-state index in [0.29, 0.717) is 31.1 Å². The van der Waals surface area contributed by atoms with Crippen molar-refractivity contribution in [1.82, 2.24) is 9.78 Å². The minimum Gasteiger partial charge on any atom is -0.462 e. The van der Waals surface area contributed by atoms with Gasteiger partial charge in [-0.25, -0.2) is 4.79 Å². The molecule has 1 aromatic carbocycles. The topological polar surface area (TPSA) is 67.9 Å². The smallest absolute Gasteiger partial charge is 0.341 e. The third-order valence-corrected chi connectivity index (χ3v) is 3.98. The molecular weight excluding hydrogens is 290 g/mol. The van der Waals surface area contributed by atoms with Crippen LogP contribution in [0.4, 0.5) is 0 Å². The van der Waals surface area contributed by atoms with E-state index in [4.69, 9.17) is 10.00 Å². The van der Waals surface area contributed by atoms with Crippen LogP contribution in [0, 0.1) is 11.3 Å². The van der Waals surface area contributed by atoms with E-state index >= 15 is 0 Å². The molecule has 0 bridgehead atoms. The zero-order valence-electron chi connectivity index (χ0n) is 13.2. The predicted molar refractivity (Wildman–Crippen MR) is 85.0 cm³/mol. The molecule has 3 rings (SSSR count). The van der Waals surface area contributed by atoms with Crippen molar-refractivity contribution < 1.29 is 9.53 Å². The maximum Gasteiger partial charge on any atom is 0.341 e. The lowest BCUT2D eigenvalue weighted by molar-refractivity contribution is 0.0525. The van der Waals surface area contributed by atoms with Gasteiger partial charge in [0.1, 0.15) is 5.56 Å². The highest BCUT2D eigenvalue weighted by molar-refractivity contribution is 5.90. The largest absolute Gasteiger partial charge is 0.462 e. The lowest BCUT2D eigenvalue weighted by atomic mass is 10.1. The van der Waals surface area contributed by atoms with Crippen LogP contribution in [0.25, 0.3) is 0 Å². The van der Waals surface area contributed by atoms with E-state index < -0.39 is 0 Å². The normalized spacial score (nSPS) is 13.6. The molecule has 1 aromatic heterocycles. The molecule has 0 N–H and O–H groups in total. The average Bonchev–Trinajstić information content (AvgIpc) is 3.30. The number of esters is 1. The highest BCUT2D eigenvalue weighted by Gasteiger charge is 2.32. The SMILES string of the molecule is CCOC(=O)c1cnn(Cc2ccc(CC#N)cc2)c1C1CC1. The lowest BCUT2D eigenvalue weighted by Crippen LogP contribution is -2.10. The number of nitrogens with zero attached hydrogens (tertiary/aromatic N) is 3. The zero-order valence-corrected chi connectivity index (χ0v) is 13.2. The van der Waals surface area contributed by atoms with Crippen LogP contribution in [0.3, 0.4) is 0 Å². The van der Waals surface area contributed by atoms with Gasteiger partial charge in [0.2, 0.25) is 0 Å². The van der Waals surface area contributed by atoms with Gasteiger partial charge in [-0.3, -0.25) is 4.68 Å². The summed E-state index contributed by atoms with van der Waals surface area (Å²) in [6.45, 7) is 2.80. The molecule has 0 unspecified atom stereocenters. The number of hydrogen-bond donors (Lipinski definition) is 0. The fourth-order valence-corrected chi connectivity index (χ4v) is 2.70. The van der Waals surface area contributed by atoms with Gasteiger partial charge in [-0.15, -0.1) is 0 Å². The molecule has 5 nitrogen and oxygen atoms in total. The molecule has 1 aliphatic rings. The van der Waals surface area contributed by atoms with E-state index in [0.717, 1.165) is 29.7 Å². The van der Waals surface area contributed by atoms with Crippen molar-refractivity contribution in [2.24, 2.45) is 0 Å². The molecule has 1 saturated carbocycles. The first-order chi connectivity index (χ1) is 11.2. The molecule has 5 heteroatoms. The van der Waals surface area contributed by atoms with Crippen molar-refractivity contribution in [1.29, 1.82) is 5.26 Å². The molecule has 0 aliphatic heterocycles. The molecule has 0 radical (unpaired) electrons. The number of carbonyl (C=O) groups excluding carboxylic acids is 1. The summed E-state index contributed by atoms with van der Waals surface area (Å²) in [6.07, 6.45) is 4.23. The van der Waals surface area contributed by atoms with Gasteiger partial charge in [-0.05, 0) is 30.9 Å². The van der Waals surface area contributed by atoms with E-state index in [1.54, 1.807) is 6.20 Å². The second kappa shape index (κ2) is 6.66. The summed E-state index contributed by atoms with van der Waals surface area (Å²) in [6, 6.07) is 10.1. The van der Waals surface area contributed by atoms with Crippen LogP contribution in [-0.4, -0.2) is 22.4 Å². The van der Waals surface area contributed by atoms with Gasteiger partial charge in [-0.2, -0.15) is 10.4 Å². The van der Waals surface area contributed by atoms with E-state index in [9.17, 15) is 4.79 Å². The van der Waals surface area contributed by atoms with Crippen LogP contribution in [-0.2, 0) is 17.7 Å². The standard InChI is InChI=1S/C18H19N3O2/c1-2-23-18(22)16-11-20-21(17(16)15-7-8-15)12-14-5-3-13(4-6-14)9-10-19/h3-6,11,15H,2,7-9,12H2,1H3. The predicted octanol–water partition coefficient (Wildman–Crippen LogP) is 3.05. The third-order valence-electron chi connectivity index (χ3n) is 3.98. The first-order valence-corrected chi connectivity index (χ1v) is 7.90. The summed E-state index contributed by atoms with van der Waals surface area (Å²) in [5, 5.41) is 13.1. The van der Waals surface area contributed by atoms with E-state index in [2.05, 4.69) is 11.2 Å². The van der Waals surface area contributed by atoms with Crippen molar-refractivity contribution in [3.63, 3.8) is 0 Å². The zero-order chi connectivity index (χ0) is 16.2. The van der Waals surface area contributed by atoms with Gasteiger partial charge in [0.05, 0.1) is 37.5 Å². The van der Waals surface area contributed by atoms with Crippen LogP contribution in [0.5, 0.6) is 0 Å². The second-order valence-corrected chi connectivity index (χ2v) is 5.75. The molecule has 0 spiro atoms. The Bertz CT molecular complexity index is 737. The Labute approximate surface area is 135 Å². The molecule has 1 heterocycles. The highest BCUT2D eigenvalue weighted by atomic mass is 16.5. The third kappa shape index (κ3) is 3.42. The van der Waals surface area contributed by atoms with Crippen molar-refractivity contribution in [3.8, 4) is 6.07 Å². The van der Waals surface area contributed by atoms with Crippen molar-refractivity contribution >= 4 is 5.97 Å². The number of ether oxygens (including phenoxy) is 1. The molecule has 1 fully saturated rings.